The third-order valence-corrected chi connectivity index (χ3v) is 4.51. The van der Waals surface area contributed by atoms with Gasteiger partial charge >= 0.3 is 5.97 Å². The van der Waals surface area contributed by atoms with Crippen molar-refractivity contribution in [2.45, 2.75) is 13.8 Å². The monoisotopic (exact) mass is 370 g/mol. The van der Waals surface area contributed by atoms with E-state index in [2.05, 4.69) is 10.3 Å². The Bertz CT molecular complexity index is 946. The average molecular weight is 370 g/mol. The molecule has 1 heterocycles. The van der Waals surface area contributed by atoms with Crippen LogP contribution in [0.25, 0.3) is 10.8 Å². The number of aromatic nitrogens is 1. The first kappa shape index (κ1) is 17.9. The van der Waals surface area contributed by atoms with Gasteiger partial charge in [0.2, 0.25) is 0 Å². The van der Waals surface area contributed by atoms with E-state index in [1.165, 1.54) is 11.3 Å². The summed E-state index contributed by atoms with van der Waals surface area (Å²) in [7, 11) is 0. The Hall–Kier alpha value is -2.93. The normalized spacial score (nSPS) is 10.5. The molecular formula is C19H18N2O4S. The van der Waals surface area contributed by atoms with Crippen LogP contribution in [-0.2, 0) is 9.53 Å². The summed E-state index contributed by atoms with van der Waals surface area (Å²) < 4.78 is 10.6. The first-order chi connectivity index (χ1) is 12.6. The summed E-state index contributed by atoms with van der Waals surface area (Å²) in [5.41, 5.74) is 0.224. The summed E-state index contributed by atoms with van der Waals surface area (Å²) in [6.07, 6.45) is 0. The van der Waals surface area contributed by atoms with Crippen molar-refractivity contribution in [3.05, 3.63) is 53.0 Å². The summed E-state index contributed by atoms with van der Waals surface area (Å²) in [6.45, 7) is 3.61. The van der Waals surface area contributed by atoms with Gasteiger partial charge in [-0.05, 0) is 25.3 Å². The van der Waals surface area contributed by atoms with Crippen molar-refractivity contribution in [3.63, 3.8) is 0 Å². The molecule has 0 radical (unpaired) electrons. The number of ether oxygens (including phenoxy) is 2. The van der Waals surface area contributed by atoms with E-state index in [-0.39, 0.29) is 24.8 Å². The van der Waals surface area contributed by atoms with Crippen molar-refractivity contribution in [1.29, 1.82) is 0 Å². The molecule has 0 aliphatic carbocycles. The number of nitrogens with one attached hydrogen (secondary N) is 1. The highest BCUT2D eigenvalue weighted by atomic mass is 32.1. The van der Waals surface area contributed by atoms with E-state index in [1.807, 2.05) is 42.5 Å². The lowest BCUT2D eigenvalue weighted by atomic mass is 10.1. The summed E-state index contributed by atoms with van der Waals surface area (Å²) in [5.74, 6) is -0.198. The molecule has 0 fully saturated rings. The molecule has 0 unspecified atom stereocenters. The second-order valence-corrected chi connectivity index (χ2v) is 6.66. The number of amides is 1. The van der Waals surface area contributed by atoms with Crippen LogP contribution in [0.4, 0.5) is 5.13 Å². The van der Waals surface area contributed by atoms with Crippen LogP contribution in [0.1, 0.15) is 22.3 Å². The number of nitrogens with zero attached hydrogens (tertiary/aromatic N) is 1. The lowest BCUT2D eigenvalue weighted by molar-refractivity contribution is -0.118. The topological polar surface area (TPSA) is 77.5 Å². The van der Waals surface area contributed by atoms with Crippen molar-refractivity contribution in [2.24, 2.45) is 0 Å². The van der Waals surface area contributed by atoms with E-state index < -0.39 is 5.97 Å². The number of benzene rings is 2. The van der Waals surface area contributed by atoms with Gasteiger partial charge in [-0.15, -0.1) is 11.3 Å². The molecule has 1 amide bonds. The van der Waals surface area contributed by atoms with Crippen molar-refractivity contribution in [3.8, 4) is 5.75 Å². The predicted octanol–water partition coefficient (Wildman–Crippen LogP) is 3.80. The first-order valence-electron chi connectivity index (χ1n) is 8.13. The molecule has 0 atom stereocenters. The molecule has 26 heavy (non-hydrogen) atoms. The van der Waals surface area contributed by atoms with Crippen molar-refractivity contribution in [1.82, 2.24) is 4.98 Å². The number of hydrogen-bond acceptors (Lipinski definition) is 6. The Morgan fingerprint density at radius 2 is 1.92 bits per heavy atom. The molecule has 0 bridgehead atoms. The van der Waals surface area contributed by atoms with Gasteiger partial charge in [0, 0.05) is 10.3 Å². The number of esters is 1. The van der Waals surface area contributed by atoms with Gasteiger partial charge in [-0.25, -0.2) is 9.78 Å². The second-order valence-electron chi connectivity index (χ2n) is 5.46. The third kappa shape index (κ3) is 4.00. The highest BCUT2D eigenvalue weighted by Gasteiger charge is 2.17. The van der Waals surface area contributed by atoms with E-state index in [0.29, 0.717) is 15.8 Å². The number of carbonyl (C=O) groups is 2. The van der Waals surface area contributed by atoms with E-state index >= 15 is 0 Å². The number of fused-ring (bicyclic) bond motifs is 1. The van der Waals surface area contributed by atoms with Crippen LogP contribution in [0.5, 0.6) is 5.75 Å². The number of hydrogen-bond donors (Lipinski definition) is 1. The van der Waals surface area contributed by atoms with Gasteiger partial charge in [0.15, 0.2) is 17.4 Å². The van der Waals surface area contributed by atoms with Crippen LogP contribution in [0.15, 0.2) is 42.5 Å². The van der Waals surface area contributed by atoms with Crippen LogP contribution in [-0.4, -0.2) is 30.1 Å². The largest absolute Gasteiger partial charge is 0.483 e. The van der Waals surface area contributed by atoms with Gasteiger partial charge in [0.1, 0.15) is 5.75 Å². The van der Waals surface area contributed by atoms with Gasteiger partial charge in [-0.2, -0.15) is 0 Å². The molecule has 2 aromatic carbocycles. The van der Waals surface area contributed by atoms with Gasteiger partial charge in [-0.3, -0.25) is 10.1 Å². The molecule has 0 spiro atoms. The summed E-state index contributed by atoms with van der Waals surface area (Å²) in [4.78, 5) is 28.8. The van der Waals surface area contributed by atoms with Crippen LogP contribution in [0, 0.1) is 6.92 Å². The molecule has 1 aromatic heterocycles. The van der Waals surface area contributed by atoms with Crippen molar-refractivity contribution >= 4 is 39.1 Å². The quantitative estimate of drug-likeness (QED) is 0.668. The van der Waals surface area contributed by atoms with E-state index in [1.54, 1.807) is 13.8 Å². The molecule has 6 nitrogen and oxygen atoms in total. The first-order valence-corrected chi connectivity index (χ1v) is 8.95. The zero-order chi connectivity index (χ0) is 18.5. The highest BCUT2D eigenvalue weighted by Crippen LogP contribution is 2.25. The van der Waals surface area contributed by atoms with Gasteiger partial charge in [0.05, 0.1) is 6.61 Å². The zero-order valence-corrected chi connectivity index (χ0v) is 15.3. The fourth-order valence-electron chi connectivity index (χ4n) is 2.46. The summed E-state index contributed by atoms with van der Waals surface area (Å²) in [6, 6.07) is 13.5. The Kier molecular flexibility index (Phi) is 5.48. The minimum Gasteiger partial charge on any atom is -0.483 e. The van der Waals surface area contributed by atoms with Gasteiger partial charge in [0.25, 0.3) is 5.91 Å². The van der Waals surface area contributed by atoms with Crippen LogP contribution >= 0.6 is 11.3 Å². The lowest BCUT2D eigenvalue weighted by Crippen LogP contribution is -2.20. The fraction of sp³-hybridized carbons (Fsp3) is 0.211. The second kappa shape index (κ2) is 7.97. The molecule has 134 valence electrons. The molecule has 0 saturated carbocycles. The smallest absolute Gasteiger partial charge is 0.358 e. The Balaban J connectivity index is 1.64. The minimum atomic E-state index is -0.492. The molecule has 0 aliphatic rings. The van der Waals surface area contributed by atoms with Crippen LogP contribution < -0.4 is 10.1 Å². The molecule has 0 aliphatic heterocycles. The summed E-state index contributed by atoms with van der Waals surface area (Å²) in [5, 5.41) is 4.98. The number of carbonyl (C=O) groups excluding carboxylic acids is 2. The van der Waals surface area contributed by atoms with Crippen molar-refractivity contribution < 1.29 is 19.1 Å². The highest BCUT2D eigenvalue weighted by molar-refractivity contribution is 7.16. The SMILES string of the molecule is CCOC(=O)c1nc(NC(=O)COc2cccc3ccccc23)sc1C. The van der Waals surface area contributed by atoms with Crippen molar-refractivity contribution in [2.75, 3.05) is 18.5 Å². The Morgan fingerprint density at radius 3 is 2.73 bits per heavy atom. The number of thiazole rings is 1. The molecule has 3 aromatic rings. The zero-order valence-electron chi connectivity index (χ0n) is 14.4. The summed E-state index contributed by atoms with van der Waals surface area (Å²) >= 11 is 1.22. The maximum atomic E-state index is 12.2. The molecule has 0 saturated heterocycles. The van der Waals surface area contributed by atoms with Gasteiger partial charge in [-0.1, -0.05) is 36.4 Å². The van der Waals surface area contributed by atoms with E-state index in [9.17, 15) is 9.59 Å². The van der Waals surface area contributed by atoms with Gasteiger partial charge < -0.3 is 9.47 Å². The fourth-order valence-corrected chi connectivity index (χ4v) is 3.28. The molecule has 3 rings (SSSR count). The molecule has 7 heteroatoms. The Labute approximate surface area is 154 Å². The van der Waals surface area contributed by atoms with Crippen LogP contribution in [0.2, 0.25) is 0 Å². The molecule has 1 N–H and O–H groups in total. The number of aryl methyl sites for hydroxylation is 1. The maximum absolute atomic E-state index is 12.2. The Morgan fingerprint density at radius 1 is 1.15 bits per heavy atom. The third-order valence-electron chi connectivity index (χ3n) is 3.62. The molecular weight excluding hydrogens is 352 g/mol. The number of anilines is 1. The average Bonchev–Trinajstić information content (AvgIpc) is 3.00. The van der Waals surface area contributed by atoms with E-state index in [0.717, 1.165) is 10.8 Å². The van der Waals surface area contributed by atoms with Crippen LogP contribution in [0.3, 0.4) is 0 Å². The van der Waals surface area contributed by atoms with E-state index in [4.69, 9.17) is 9.47 Å². The lowest BCUT2D eigenvalue weighted by Gasteiger charge is -2.08. The number of rotatable bonds is 6. The standard InChI is InChI=1S/C19H18N2O4S/c1-3-24-18(23)17-12(2)26-19(21-17)20-16(22)11-25-15-10-6-8-13-7-4-5-9-14(13)15/h4-10H,3,11H2,1-2H3,(H,20,21,22). The predicted molar refractivity (Wildman–Crippen MR) is 101 cm³/mol. The maximum Gasteiger partial charge on any atom is 0.358 e. The minimum absolute atomic E-state index is 0.151.